The van der Waals surface area contributed by atoms with Crippen molar-refractivity contribution >= 4 is 23.3 Å². The fraction of sp³-hybridized carbons (Fsp3) is 0. The summed E-state index contributed by atoms with van der Waals surface area (Å²) in [6.45, 7) is 0. The quantitative estimate of drug-likeness (QED) is 0.686. The monoisotopic (exact) mass is 277 g/mol. The number of carboxylic acid groups (broad SMARTS) is 1. The number of nitrogens with zero attached hydrogens (tertiary/aromatic N) is 1. The van der Waals surface area contributed by atoms with Crippen molar-refractivity contribution in [3.8, 4) is 11.1 Å². The largest absolute Gasteiger partial charge is 0.478 e. The molecule has 0 aliphatic carbocycles. The Balaban J connectivity index is 2.57. The van der Waals surface area contributed by atoms with Gasteiger partial charge in [0, 0.05) is 6.07 Å². The van der Waals surface area contributed by atoms with Gasteiger partial charge in [0.1, 0.15) is 0 Å². The van der Waals surface area contributed by atoms with Crippen molar-refractivity contribution in [1.29, 1.82) is 0 Å². The van der Waals surface area contributed by atoms with Crippen molar-refractivity contribution < 1.29 is 14.8 Å². The third kappa shape index (κ3) is 2.56. The van der Waals surface area contributed by atoms with Crippen LogP contribution in [-0.4, -0.2) is 16.0 Å². The molecule has 0 saturated carbocycles. The molecule has 19 heavy (non-hydrogen) atoms. The van der Waals surface area contributed by atoms with Crippen LogP contribution in [-0.2, 0) is 0 Å². The van der Waals surface area contributed by atoms with Crippen LogP contribution >= 0.6 is 11.6 Å². The SMILES string of the molecule is O=C(O)c1ccc(-c2ccccc2[N+](=O)[O-])cc1Cl. The second-order valence-electron chi connectivity index (χ2n) is 3.77. The third-order valence-corrected chi connectivity index (χ3v) is 2.92. The lowest BCUT2D eigenvalue weighted by Crippen LogP contribution is -1.97. The number of hydrogen-bond acceptors (Lipinski definition) is 3. The number of carboxylic acids is 1. The number of benzene rings is 2. The summed E-state index contributed by atoms with van der Waals surface area (Å²) >= 11 is 5.86. The minimum absolute atomic E-state index is 0.0380. The molecule has 5 nitrogen and oxygen atoms in total. The van der Waals surface area contributed by atoms with Crippen molar-refractivity contribution in [2.75, 3.05) is 0 Å². The topological polar surface area (TPSA) is 80.4 Å². The lowest BCUT2D eigenvalue weighted by Gasteiger charge is -2.05. The Morgan fingerprint density at radius 1 is 1.21 bits per heavy atom. The van der Waals surface area contributed by atoms with Crippen LogP contribution in [0.4, 0.5) is 5.69 Å². The molecule has 0 unspecified atom stereocenters. The van der Waals surface area contributed by atoms with Crippen molar-refractivity contribution in [3.63, 3.8) is 0 Å². The Morgan fingerprint density at radius 2 is 1.89 bits per heavy atom. The van der Waals surface area contributed by atoms with E-state index >= 15 is 0 Å². The highest BCUT2D eigenvalue weighted by atomic mass is 35.5. The van der Waals surface area contributed by atoms with Gasteiger partial charge in [-0.25, -0.2) is 4.79 Å². The van der Waals surface area contributed by atoms with Gasteiger partial charge in [0.05, 0.1) is 21.1 Å². The molecular weight excluding hydrogens is 270 g/mol. The summed E-state index contributed by atoms with van der Waals surface area (Å²) in [7, 11) is 0. The molecule has 0 bridgehead atoms. The summed E-state index contributed by atoms with van der Waals surface area (Å²) in [6, 6.07) is 10.4. The molecule has 0 radical (unpaired) electrons. The van der Waals surface area contributed by atoms with Crippen LogP contribution in [0.3, 0.4) is 0 Å². The highest BCUT2D eigenvalue weighted by Gasteiger charge is 2.16. The van der Waals surface area contributed by atoms with Gasteiger partial charge in [-0.1, -0.05) is 29.8 Å². The summed E-state index contributed by atoms with van der Waals surface area (Å²) < 4.78 is 0. The molecule has 0 heterocycles. The summed E-state index contributed by atoms with van der Waals surface area (Å²) in [5.74, 6) is -1.14. The fourth-order valence-electron chi connectivity index (χ4n) is 1.73. The molecule has 0 atom stereocenters. The Kier molecular flexibility index (Phi) is 3.48. The first-order chi connectivity index (χ1) is 9.00. The number of carbonyl (C=O) groups is 1. The van der Waals surface area contributed by atoms with E-state index in [0.29, 0.717) is 11.1 Å². The number of hydrogen-bond donors (Lipinski definition) is 1. The van der Waals surface area contributed by atoms with Crippen molar-refractivity contribution in [3.05, 3.63) is 63.2 Å². The molecule has 0 spiro atoms. The van der Waals surface area contributed by atoms with Gasteiger partial charge in [-0.15, -0.1) is 0 Å². The van der Waals surface area contributed by atoms with E-state index in [1.165, 1.54) is 24.3 Å². The van der Waals surface area contributed by atoms with Crippen molar-refractivity contribution in [1.82, 2.24) is 0 Å². The molecule has 96 valence electrons. The molecular formula is C13H8ClNO4. The average molecular weight is 278 g/mol. The van der Waals surface area contributed by atoms with Crippen LogP contribution in [0.15, 0.2) is 42.5 Å². The Hall–Kier alpha value is -2.40. The van der Waals surface area contributed by atoms with Gasteiger partial charge in [0.25, 0.3) is 5.69 Å². The maximum Gasteiger partial charge on any atom is 0.337 e. The molecule has 2 rings (SSSR count). The lowest BCUT2D eigenvalue weighted by molar-refractivity contribution is -0.384. The smallest absolute Gasteiger partial charge is 0.337 e. The zero-order chi connectivity index (χ0) is 14.0. The standard InChI is InChI=1S/C13H8ClNO4/c14-11-7-8(5-6-10(11)13(16)17)9-3-1-2-4-12(9)15(18)19/h1-7H,(H,16,17). The second-order valence-corrected chi connectivity index (χ2v) is 4.18. The summed E-state index contributed by atoms with van der Waals surface area (Å²) in [4.78, 5) is 21.3. The van der Waals surface area contributed by atoms with Gasteiger partial charge in [0.15, 0.2) is 0 Å². The number of halogens is 1. The van der Waals surface area contributed by atoms with Gasteiger partial charge in [0.2, 0.25) is 0 Å². The first-order valence-corrected chi connectivity index (χ1v) is 5.65. The van der Waals surface area contributed by atoms with Crippen LogP contribution in [0.1, 0.15) is 10.4 Å². The van der Waals surface area contributed by atoms with E-state index in [0.717, 1.165) is 0 Å². The first-order valence-electron chi connectivity index (χ1n) is 5.27. The minimum atomic E-state index is -1.14. The second kappa shape index (κ2) is 5.07. The zero-order valence-electron chi connectivity index (χ0n) is 9.54. The minimum Gasteiger partial charge on any atom is -0.478 e. The van der Waals surface area contributed by atoms with Gasteiger partial charge >= 0.3 is 5.97 Å². The number of rotatable bonds is 3. The third-order valence-electron chi connectivity index (χ3n) is 2.61. The number of nitro benzene ring substituents is 1. The fourth-order valence-corrected chi connectivity index (χ4v) is 1.99. The maximum absolute atomic E-state index is 10.9. The Morgan fingerprint density at radius 3 is 2.47 bits per heavy atom. The summed E-state index contributed by atoms with van der Waals surface area (Å²) in [6.07, 6.45) is 0. The molecule has 2 aromatic rings. The molecule has 0 aliphatic heterocycles. The Labute approximate surface area is 113 Å². The summed E-state index contributed by atoms with van der Waals surface area (Å²) in [5.41, 5.74) is 0.805. The summed E-state index contributed by atoms with van der Waals surface area (Å²) in [5, 5.41) is 19.9. The molecule has 0 fully saturated rings. The van der Waals surface area contributed by atoms with E-state index in [4.69, 9.17) is 16.7 Å². The van der Waals surface area contributed by atoms with Crippen LogP contribution in [0.25, 0.3) is 11.1 Å². The molecule has 6 heteroatoms. The van der Waals surface area contributed by atoms with Gasteiger partial charge < -0.3 is 5.11 Å². The average Bonchev–Trinajstić information content (AvgIpc) is 2.38. The molecule has 0 amide bonds. The molecule has 2 aromatic carbocycles. The highest BCUT2D eigenvalue weighted by Crippen LogP contribution is 2.32. The van der Waals surface area contributed by atoms with E-state index in [1.54, 1.807) is 18.2 Å². The number of nitro groups is 1. The van der Waals surface area contributed by atoms with Crippen LogP contribution in [0.5, 0.6) is 0 Å². The molecule has 0 saturated heterocycles. The zero-order valence-corrected chi connectivity index (χ0v) is 10.3. The van der Waals surface area contributed by atoms with Crippen molar-refractivity contribution in [2.45, 2.75) is 0 Å². The van der Waals surface area contributed by atoms with Crippen LogP contribution < -0.4 is 0 Å². The Bertz CT molecular complexity index is 669. The van der Waals surface area contributed by atoms with Gasteiger partial charge in [-0.05, 0) is 23.8 Å². The predicted octanol–water partition coefficient (Wildman–Crippen LogP) is 3.61. The van der Waals surface area contributed by atoms with Gasteiger partial charge in [-0.2, -0.15) is 0 Å². The predicted molar refractivity (Wildman–Crippen MR) is 70.5 cm³/mol. The molecule has 0 aliphatic rings. The maximum atomic E-state index is 10.9. The molecule has 0 aromatic heterocycles. The normalized spacial score (nSPS) is 10.2. The number of aromatic carboxylic acids is 1. The van der Waals surface area contributed by atoms with E-state index < -0.39 is 10.9 Å². The van der Waals surface area contributed by atoms with Crippen LogP contribution in [0, 0.1) is 10.1 Å². The van der Waals surface area contributed by atoms with Crippen molar-refractivity contribution in [2.24, 2.45) is 0 Å². The molecule has 1 N–H and O–H groups in total. The highest BCUT2D eigenvalue weighted by molar-refractivity contribution is 6.33. The number of para-hydroxylation sites is 1. The van der Waals surface area contributed by atoms with E-state index in [-0.39, 0.29) is 16.3 Å². The first kappa shape index (κ1) is 13.0. The van der Waals surface area contributed by atoms with E-state index in [2.05, 4.69) is 0 Å². The van der Waals surface area contributed by atoms with E-state index in [9.17, 15) is 14.9 Å². The van der Waals surface area contributed by atoms with Gasteiger partial charge in [-0.3, -0.25) is 10.1 Å². The van der Waals surface area contributed by atoms with E-state index in [1.807, 2.05) is 0 Å². The van der Waals surface area contributed by atoms with Crippen LogP contribution in [0.2, 0.25) is 5.02 Å². The lowest BCUT2D eigenvalue weighted by atomic mass is 10.0.